The van der Waals surface area contributed by atoms with Crippen LogP contribution in [0.5, 0.6) is 17.2 Å². The van der Waals surface area contributed by atoms with E-state index in [9.17, 15) is 48.6 Å². The topological polar surface area (TPSA) is 330 Å². The molecule has 8 aromatic rings. The second-order valence-electron chi connectivity index (χ2n) is 21.9. The van der Waals surface area contributed by atoms with Gasteiger partial charge in [0, 0.05) is 116 Å². The molecule has 0 unspecified atom stereocenters. The lowest BCUT2D eigenvalue weighted by Crippen LogP contribution is -2.44. The number of nitrogen functional groups attached to an aromatic ring is 1. The van der Waals surface area contributed by atoms with Gasteiger partial charge in [0.2, 0.25) is 5.82 Å². The van der Waals surface area contributed by atoms with Crippen molar-refractivity contribution in [2.75, 3.05) is 45.0 Å². The van der Waals surface area contributed by atoms with Crippen molar-refractivity contribution in [2.24, 2.45) is 5.11 Å². The average Bonchev–Trinajstić information content (AvgIpc) is 1.16. The summed E-state index contributed by atoms with van der Waals surface area (Å²) in [7, 11) is 0. The van der Waals surface area contributed by atoms with Crippen LogP contribution in [0.4, 0.5) is 31.9 Å². The molecule has 91 heavy (non-hydrogen) atoms. The first kappa shape index (κ1) is 66.1. The van der Waals surface area contributed by atoms with Crippen LogP contribution in [0, 0.1) is 26.0 Å². The Kier molecular flexibility index (Phi) is 22.8. The summed E-state index contributed by atoms with van der Waals surface area (Å²) >= 11 is 0. The Hall–Kier alpha value is -10.9. The van der Waals surface area contributed by atoms with Crippen molar-refractivity contribution in [3.05, 3.63) is 248 Å². The Balaban J connectivity index is 0.000000159. The Morgan fingerprint density at radius 2 is 0.945 bits per heavy atom. The van der Waals surface area contributed by atoms with Gasteiger partial charge >= 0.3 is 17.5 Å². The molecule has 4 aromatic carbocycles. The van der Waals surface area contributed by atoms with Crippen molar-refractivity contribution in [1.82, 2.24) is 33.8 Å². The fourth-order valence-electron chi connectivity index (χ4n) is 9.76. The summed E-state index contributed by atoms with van der Waals surface area (Å²) in [6.07, 6.45) is 10.8. The maximum Gasteiger partial charge on any atom is 0.410 e. The molecular formula is C64H68FN13O13. The third kappa shape index (κ3) is 18.6. The van der Waals surface area contributed by atoms with E-state index in [-0.39, 0.29) is 63.8 Å². The highest BCUT2D eigenvalue weighted by Gasteiger charge is 2.30. The Bertz CT molecular complexity index is 4140. The van der Waals surface area contributed by atoms with E-state index in [1.807, 2.05) is 39.0 Å². The number of piperidine rings is 3. The van der Waals surface area contributed by atoms with E-state index in [0.717, 1.165) is 69.7 Å². The number of likely N-dealkylation sites (tertiary alicyclic amines) is 1. The molecule has 3 saturated heterocycles. The summed E-state index contributed by atoms with van der Waals surface area (Å²) < 4.78 is 42.4. The molecule has 0 radical (unpaired) electrons. The van der Waals surface area contributed by atoms with Gasteiger partial charge in [0.1, 0.15) is 35.4 Å². The number of aromatic nitrogens is 4. The van der Waals surface area contributed by atoms with Crippen molar-refractivity contribution in [1.29, 1.82) is 0 Å². The van der Waals surface area contributed by atoms with E-state index in [1.165, 1.54) is 68.4 Å². The lowest BCUT2D eigenvalue weighted by Gasteiger charge is -2.33. The SMILES string of the molecule is CC(C)(C)OC(=O)N1CCC(Oc2cc(-n3ccccc3=O)ccc2[N+](=O)[O-])CC1.Nc1ccc(-n2ccccc2=O)cc1OC1CCNCC1.O=c1ccccn1-c1ccc([N+](=O)[O-])c(F)c1.[N-]=[N+]=Nc1ccc(-n2ccccc2=O)cc1OC1CCNCC1. The zero-order valence-corrected chi connectivity index (χ0v) is 50.1. The van der Waals surface area contributed by atoms with E-state index < -0.39 is 27.0 Å². The number of rotatable bonds is 13. The van der Waals surface area contributed by atoms with E-state index in [1.54, 1.807) is 94.8 Å². The normalized spacial score (nSPS) is 14.3. The van der Waals surface area contributed by atoms with Gasteiger partial charge in [-0.25, -0.2) is 4.79 Å². The van der Waals surface area contributed by atoms with Crippen molar-refractivity contribution in [3.8, 4) is 40.0 Å². The molecule has 0 aliphatic carbocycles. The maximum absolute atomic E-state index is 13.4. The number of pyridine rings is 4. The molecule has 3 fully saturated rings. The molecule has 1 amide bonds. The number of halogens is 1. The van der Waals surface area contributed by atoms with E-state index in [0.29, 0.717) is 60.2 Å². The molecule has 27 heteroatoms. The number of nitro benzene ring substituents is 2. The predicted molar refractivity (Wildman–Crippen MR) is 339 cm³/mol. The highest BCUT2D eigenvalue weighted by molar-refractivity contribution is 5.68. The van der Waals surface area contributed by atoms with Gasteiger partial charge in [-0.05, 0) is 139 Å². The molecule has 0 spiro atoms. The highest BCUT2D eigenvalue weighted by Crippen LogP contribution is 2.34. The Morgan fingerprint density at radius 3 is 1.37 bits per heavy atom. The van der Waals surface area contributed by atoms with Crippen LogP contribution in [0.25, 0.3) is 33.2 Å². The predicted octanol–water partition coefficient (Wildman–Crippen LogP) is 9.87. The van der Waals surface area contributed by atoms with Gasteiger partial charge < -0.3 is 40.2 Å². The summed E-state index contributed by atoms with van der Waals surface area (Å²) in [4.78, 5) is 84.6. The molecule has 3 aliphatic heterocycles. The molecule has 11 rings (SSSR count). The van der Waals surface area contributed by atoms with Gasteiger partial charge in [0.05, 0.1) is 44.0 Å². The van der Waals surface area contributed by atoms with Crippen LogP contribution < -0.4 is 52.8 Å². The molecule has 0 bridgehead atoms. The third-order valence-electron chi connectivity index (χ3n) is 14.3. The second-order valence-corrected chi connectivity index (χ2v) is 21.9. The lowest BCUT2D eigenvalue weighted by atomic mass is 10.1. The largest absolute Gasteiger partial charge is 0.490 e. The summed E-state index contributed by atoms with van der Waals surface area (Å²) in [5.74, 6) is 0.283. The Labute approximate surface area is 520 Å². The van der Waals surface area contributed by atoms with E-state index in [4.69, 9.17) is 30.2 Å². The average molecular weight is 1250 g/mol. The summed E-state index contributed by atoms with van der Waals surface area (Å²) in [6.45, 7) is 10.0. The number of azide groups is 1. The quantitative estimate of drug-likeness (QED) is 0.0241. The summed E-state index contributed by atoms with van der Waals surface area (Å²) in [6, 6.07) is 37.5. The van der Waals surface area contributed by atoms with Crippen LogP contribution >= 0.6 is 0 Å². The summed E-state index contributed by atoms with van der Waals surface area (Å²) in [5.41, 5.74) is 15.8. The monoisotopic (exact) mass is 1250 g/mol. The molecular weight excluding hydrogens is 1180 g/mol. The number of carbonyl (C=O) groups is 1. The molecule has 26 nitrogen and oxygen atoms in total. The minimum Gasteiger partial charge on any atom is -0.490 e. The van der Waals surface area contributed by atoms with Crippen LogP contribution in [-0.2, 0) is 4.74 Å². The number of nitrogens with two attached hydrogens (primary N) is 1. The zero-order valence-electron chi connectivity index (χ0n) is 50.1. The van der Waals surface area contributed by atoms with Crippen molar-refractivity contribution >= 4 is 28.8 Å². The Morgan fingerprint density at radius 1 is 0.560 bits per heavy atom. The zero-order chi connectivity index (χ0) is 65.0. The first-order valence-corrected chi connectivity index (χ1v) is 29.2. The van der Waals surface area contributed by atoms with Crippen molar-refractivity contribution < 1.29 is 38.0 Å². The lowest BCUT2D eigenvalue weighted by molar-refractivity contribution is -0.387. The fourth-order valence-corrected chi connectivity index (χ4v) is 9.76. The standard InChI is InChI=1S/C21H25N3O6.C16H17N5O2.C16H19N3O2.C11H7FN2O3/c1-21(2,3)30-20(26)22-12-9-16(10-13-22)29-18-14-15(7-8-17(18)24(27)28)23-11-5-4-6-19(23)25;17-20-19-14-5-4-12(21-10-2-1-3-16(21)22)11-15(14)23-13-6-8-18-9-7-13;17-14-5-4-12(19-10-2-1-3-16(19)20)11-15(14)21-13-6-8-18-9-7-13;12-9-7-8(4-5-10(9)14(16)17)13-6-2-1-3-11(13)15/h4-8,11,14,16H,9-10,12-13H2,1-3H3;1-5,10-11,13,18H,6-9H2;1-5,10-11,13,18H,6-9,17H2;1-7H. The molecule has 0 saturated carbocycles. The van der Waals surface area contributed by atoms with Gasteiger partial charge in [-0.1, -0.05) is 29.4 Å². The number of anilines is 1. The van der Waals surface area contributed by atoms with Crippen molar-refractivity contribution in [3.63, 3.8) is 0 Å². The van der Waals surface area contributed by atoms with Crippen LogP contribution in [-0.4, -0.2) is 102 Å². The van der Waals surface area contributed by atoms with Crippen LogP contribution in [0.15, 0.2) is 195 Å². The minimum absolute atomic E-state index is 0.0740. The number of carbonyl (C=O) groups excluding carboxylic acids is 1. The van der Waals surface area contributed by atoms with E-state index >= 15 is 0 Å². The molecule has 474 valence electrons. The number of amides is 1. The molecule has 4 aromatic heterocycles. The van der Waals surface area contributed by atoms with Crippen LogP contribution in [0.3, 0.4) is 0 Å². The van der Waals surface area contributed by atoms with Crippen LogP contribution in [0.2, 0.25) is 0 Å². The van der Waals surface area contributed by atoms with E-state index in [2.05, 4.69) is 20.7 Å². The molecule has 0 atom stereocenters. The fraction of sp³-hybridized carbons (Fsp3) is 0.297. The molecule has 4 N–H and O–H groups in total. The second kappa shape index (κ2) is 31.3. The number of hydrogen-bond donors (Lipinski definition) is 3. The van der Waals surface area contributed by atoms with Gasteiger partial charge in [-0.2, -0.15) is 4.39 Å². The number of nitro groups is 2. The minimum atomic E-state index is -0.969. The summed E-state index contributed by atoms with van der Waals surface area (Å²) in [5, 5.41) is 32.1. The first-order valence-electron chi connectivity index (χ1n) is 29.2. The first-order chi connectivity index (χ1) is 43.7. The smallest absolute Gasteiger partial charge is 0.410 e. The maximum atomic E-state index is 13.4. The molecule has 3 aliphatic rings. The number of nitrogens with one attached hydrogen (secondary N) is 2. The van der Waals surface area contributed by atoms with Crippen LogP contribution in [0.1, 0.15) is 59.3 Å². The number of ether oxygens (including phenoxy) is 4. The number of hydrogen-bond acceptors (Lipinski definition) is 17. The van der Waals surface area contributed by atoms with Gasteiger partial charge in [0.25, 0.3) is 22.2 Å². The van der Waals surface area contributed by atoms with Gasteiger partial charge in [0.15, 0.2) is 5.75 Å². The van der Waals surface area contributed by atoms with Gasteiger partial charge in [-0.3, -0.25) is 57.7 Å². The van der Waals surface area contributed by atoms with Gasteiger partial charge in [-0.15, -0.1) is 0 Å². The van der Waals surface area contributed by atoms with Crippen molar-refractivity contribution in [2.45, 2.75) is 83.2 Å². The molecule has 7 heterocycles. The highest BCUT2D eigenvalue weighted by atomic mass is 19.1. The number of nitrogens with zero attached hydrogens (tertiary/aromatic N) is 10. The third-order valence-corrected chi connectivity index (χ3v) is 14.3. The number of benzene rings is 4.